The van der Waals surface area contributed by atoms with Crippen molar-refractivity contribution in [3.63, 3.8) is 0 Å². The van der Waals surface area contributed by atoms with E-state index < -0.39 is 0 Å². The third-order valence-electron chi connectivity index (χ3n) is 8.30. The summed E-state index contributed by atoms with van der Waals surface area (Å²) < 4.78 is 0. The number of nitrogens with zero attached hydrogens (tertiary/aromatic N) is 4. The first-order chi connectivity index (χ1) is 17.4. The van der Waals surface area contributed by atoms with Gasteiger partial charge in [-0.15, -0.1) is 0 Å². The van der Waals surface area contributed by atoms with E-state index in [1.807, 2.05) is 6.20 Å². The maximum Gasteiger partial charge on any atom is 0.223 e. The molecule has 1 unspecified atom stereocenters. The van der Waals surface area contributed by atoms with Crippen molar-refractivity contribution in [2.24, 2.45) is 5.92 Å². The predicted molar refractivity (Wildman–Crippen MR) is 153 cm³/mol. The molecule has 1 atom stereocenters. The van der Waals surface area contributed by atoms with Crippen molar-refractivity contribution in [2.75, 3.05) is 32.5 Å². The molecule has 36 heavy (non-hydrogen) atoms. The van der Waals surface area contributed by atoms with E-state index >= 15 is 0 Å². The Kier molecular flexibility index (Phi) is 8.84. The Hall–Kier alpha value is -2.66. The number of piperidine rings is 1. The van der Waals surface area contributed by atoms with Crippen LogP contribution in [-0.2, 0) is 0 Å². The van der Waals surface area contributed by atoms with Gasteiger partial charge in [0.15, 0.2) is 0 Å². The summed E-state index contributed by atoms with van der Waals surface area (Å²) in [6, 6.07) is 11.7. The molecule has 1 saturated carbocycles. The Morgan fingerprint density at radius 1 is 1.11 bits per heavy atom. The van der Waals surface area contributed by atoms with Crippen molar-refractivity contribution in [3.8, 4) is 0 Å². The summed E-state index contributed by atoms with van der Waals surface area (Å²) >= 11 is 0. The molecule has 1 N–H and O–H groups in total. The number of anilines is 1. The number of aryl methyl sites for hydroxylation is 1. The Morgan fingerprint density at radius 2 is 1.78 bits per heavy atom. The molecule has 2 fully saturated rings. The van der Waals surface area contributed by atoms with Crippen molar-refractivity contribution in [1.29, 1.82) is 0 Å². The lowest BCUT2D eigenvalue weighted by molar-refractivity contribution is 0.198. The standard InChI is InChI=1S/C31H45N5/c1-7-23(3)36(6)30(26-17-20-35(5)21-18-26)29(24(4)25-14-12-22(2)13-15-25)28-16-19-32-31(34-28)33-27-10-8-9-11-27/h12-16,19,23,26-27H,4,7-11,17-18,20-21H2,1-3,5-6H3,(H,32,33,34)/b30-29+. The molecule has 1 saturated heterocycles. The third-order valence-corrected chi connectivity index (χ3v) is 8.30. The van der Waals surface area contributed by atoms with E-state index in [2.05, 4.69) is 91.9 Å². The molecule has 0 amide bonds. The molecule has 1 aliphatic heterocycles. The fraction of sp³-hybridized carbons (Fsp3) is 0.548. The Morgan fingerprint density at radius 3 is 2.42 bits per heavy atom. The van der Waals surface area contributed by atoms with Gasteiger partial charge in [0.05, 0.1) is 5.69 Å². The van der Waals surface area contributed by atoms with E-state index in [0.29, 0.717) is 18.0 Å². The monoisotopic (exact) mass is 487 g/mol. The largest absolute Gasteiger partial charge is 0.374 e. The van der Waals surface area contributed by atoms with Crippen LogP contribution in [0.25, 0.3) is 11.1 Å². The minimum atomic E-state index is 0.429. The number of nitrogens with one attached hydrogen (secondary N) is 1. The van der Waals surface area contributed by atoms with Gasteiger partial charge in [-0.3, -0.25) is 0 Å². The van der Waals surface area contributed by atoms with E-state index in [9.17, 15) is 0 Å². The lowest BCUT2D eigenvalue weighted by atomic mass is 9.84. The van der Waals surface area contributed by atoms with Crippen LogP contribution < -0.4 is 5.32 Å². The molecular formula is C31H45N5. The van der Waals surface area contributed by atoms with Crippen LogP contribution in [0, 0.1) is 12.8 Å². The molecule has 5 nitrogen and oxygen atoms in total. The van der Waals surface area contributed by atoms with Crippen LogP contribution in [0.15, 0.2) is 48.8 Å². The maximum atomic E-state index is 5.12. The van der Waals surface area contributed by atoms with Crippen LogP contribution in [0.5, 0.6) is 0 Å². The quantitative estimate of drug-likeness (QED) is 0.402. The fourth-order valence-electron chi connectivity index (χ4n) is 5.62. The third kappa shape index (κ3) is 6.18. The van der Waals surface area contributed by atoms with Crippen LogP contribution in [-0.4, -0.2) is 59.0 Å². The van der Waals surface area contributed by atoms with Crippen molar-refractivity contribution in [2.45, 2.75) is 77.8 Å². The lowest BCUT2D eigenvalue weighted by Crippen LogP contribution is -2.38. The van der Waals surface area contributed by atoms with E-state index in [1.165, 1.54) is 42.5 Å². The minimum Gasteiger partial charge on any atom is -0.374 e. The fourth-order valence-corrected chi connectivity index (χ4v) is 5.62. The normalized spacial score (nSPS) is 19.1. The maximum absolute atomic E-state index is 5.12. The Labute approximate surface area is 218 Å². The van der Waals surface area contributed by atoms with E-state index in [0.717, 1.165) is 55.1 Å². The van der Waals surface area contributed by atoms with Gasteiger partial charge in [0.25, 0.3) is 0 Å². The number of allylic oxidation sites excluding steroid dienone is 3. The molecule has 2 heterocycles. The highest BCUT2D eigenvalue weighted by atomic mass is 15.2. The van der Waals surface area contributed by atoms with Gasteiger partial charge in [-0.05, 0) is 83.3 Å². The van der Waals surface area contributed by atoms with Crippen LogP contribution in [0.2, 0.25) is 0 Å². The Balaban J connectivity index is 1.85. The first-order valence-electron chi connectivity index (χ1n) is 13.9. The van der Waals surface area contributed by atoms with Crippen molar-refractivity contribution < 1.29 is 0 Å². The van der Waals surface area contributed by atoms with Gasteiger partial charge in [0, 0.05) is 42.5 Å². The average molecular weight is 488 g/mol. The second-order valence-electron chi connectivity index (χ2n) is 10.9. The summed E-state index contributed by atoms with van der Waals surface area (Å²) in [4.78, 5) is 14.7. The number of aromatic nitrogens is 2. The molecule has 1 aromatic heterocycles. The topological polar surface area (TPSA) is 44.3 Å². The van der Waals surface area contributed by atoms with E-state index in [1.54, 1.807) is 0 Å². The second-order valence-corrected chi connectivity index (χ2v) is 10.9. The number of hydrogen-bond donors (Lipinski definition) is 1. The van der Waals surface area contributed by atoms with Gasteiger partial charge in [-0.2, -0.15) is 0 Å². The zero-order chi connectivity index (χ0) is 25.7. The summed E-state index contributed by atoms with van der Waals surface area (Å²) in [7, 11) is 4.50. The lowest BCUT2D eigenvalue weighted by Gasteiger charge is -2.39. The highest BCUT2D eigenvalue weighted by molar-refractivity contribution is 6.04. The van der Waals surface area contributed by atoms with E-state index in [-0.39, 0.29) is 0 Å². The molecular weight excluding hydrogens is 442 g/mol. The first kappa shape index (κ1) is 26.4. The van der Waals surface area contributed by atoms with Crippen molar-refractivity contribution >= 4 is 17.1 Å². The number of likely N-dealkylation sites (tertiary alicyclic amines) is 1. The summed E-state index contributed by atoms with van der Waals surface area (Å²) in [5.74, 6) is 1.21. The zero-order valence-electron chi connectivity index (χ0n) is 23.1. The van der Waals surface area contributed by atoms with Gasteiger partial charge in [-0.25, -0.2) is 9.97 Å². The summed E-state index contributed by atoms with van der Waals surface area (Å²) in [5.41, 5.74) is 6.99. The number of rotatable bonds is 9. The molecule has 194 valence electrons. The van der Waals surface area contributed by atoms with Crippen LogP contribution in [0.4, 0.5) is 5.95 Å². The highest BCUT2D eigenvalue weighted by Crippen LogP contribution is 2.40. The smallest absolute Gasteiger partial charge is 0.223 e. The number of benzene rings is 1. The SMILES string of the molecule is C=C(/C(=C(/C1CCN(C)CC1)N(C)C(C)CC)c1ccnc(NC2CCCC2)n1)c1ccc(C)cc1. The molecule has 1 aliphatic carbocycles. The summed E-state index contributed by atoms with van der Waals surface area (Å²) in [6.45, 7) is 13.7. The van der Waals surface area contributed by atoms with Crippen molar-refractivity contribution in [1.82, 2.24) is 19.8 Å². The number of hydrogen-bond acceptors (Lipinski definition) is 5. The summed E-state index contributed by atoms with van der Waals surface area (Å²) in [6.07, 6.45) is 10.3. The molecule has 0 spiro atoms. The van der Waals surface area contributed by atoms with E-state index in [4.69, 9.17) is 4.98 Å². The van der Waals surface area contributed by atoms with Crippen LogP contribution in [0.1, 0.15) is 75.6 Å². The van der Waals surface area contributed by atoms with Gasteiger partial charge >= 0.3 is 0 Å². The van der Waals surface area contributed by atoms with Gasteiger partial charge in [-0.1, -0.05) is 56.2 Å². The van der Waals surface area contributed by atoms with Gasteiger partial charge in [0.1, 0.15) is 0 Å². The zero-order valence-corrected chi connectivity index (χ0v) is 23.1. The first-order valence-corrected chi connectivity index (χ1v) is 13.9. The minimum absolute atomic E-state index is 0.429. The van der Waals surface area contributed by atoms with Crippen LogP contribution in [0.3, 0.4) is 0 Å². The van der Waals surface area contributed by atoms with Gasteiger partial charge < -0.3 is 15.1 Å². The molecule has 2 aliphatic rings. The van der Waals surface area contributed by atoms with Gasteiger partial charge in [0.2, 0.25) is 5.95 Å². The second kappa shape index (κ2) is 12.1. The molecule has 1 aromatic carbocycles. The molecule has 0 bridgehead atoms. The molecule has 5 heteroatoms. The average Bonchev–Trinajstić information content (AvgIpc) is 3.40. The Bertz CT molecular complexity index is 1040. The summed E-state index contributed by atoms with van der Waals surface area (Å²) in [5, 5.41) is 3.61. The van der Waals surface area contributed by atoms with Crippen LogP contribution >= 0.6 is 0 Å². The highest BCUT2D eigenvalue weighted by Gasteiger charge is 2.30. The van der Waals surface area contributed by atoms with Crippen molar-refractivity contribution in [3.05, 3.63) is 65.6 Å². The molecule has 4 rings (SSSR count). The molecule has 0 radical (unpaired) electrons. The molecule has 2 aromatic rings. The predicted octanol–water partition coefficient (Wildman–Crippen LogP) is 6.64.